The van der Waals surface area contributed by atoms with Crippen molar-refractivity contribution in [2.24, 2.45) is 17.8 Å². The van der Waals surface area contributed by atoms with E-state index < -0.39 is 0 Å². The minimum absolute atomic E-state index is 0.118. The highest BCUT2D eigenvalue weighted by molar-refractivity contribution is 6.22. The molecule has 26 heavy (non-hydrogen) atoms. The van der Waals surface area contributed by atoms with Gasteiger partial charge in [-0.3, -0.25) is 9.69 Å². The average molecular weight is 359 g/mol. The lowest BCUT2D eigenvalue weighted by Crippen LogP contribution is -2.56. The van der Waals surface area contributed by atoms with Gasteiger partial charge in [-0.2, -0.15) is 0 Å². The molecule has 4 nitrogen and oxygen atoms in total. The predicted molar refractivity (Wildman–Crippen MR) is 96.6 cm³/mol. The highest BCUT2D eigenvalue weighted by Gasteiger charge is 2.49. The maximum Gasteiger partial charge on any atom is 0.173 e. The Balaban J connectivity index is 1.54. The summed E-state index contributed by atoms with van der Waals surface area (Å²) in [6, 6.07) is 6.04. The molecule has 4 rings (SSSR count). The van der Waals surface area contributed by atoms with E-state index in [0.29, 0.717) is 18.2 Å². The summed E-state index contributed by atoms with van der Waals surface area (Å²) < 4.78 is 25.3. The van der Waals surface area contributed by atoms with Crippen molar-refractivity contribution in [1.82, 2.24) is 4.90 Å². The number of halogens is 1. The van der Waals surface area contributed by atoms with Crippen LogP contribution in [-0.2, 0) is 14.3 Å². The van der Waals surface area contributed by atoms with Gasteiger partial charge >= 0.3 is 0 Å². The molecule has 1 aliphatic carbocycles. The zero-order valence-corrected chi connectivity index (χ0v) is 15.4. The van der Waals surface area contributed by atoms with Gasteiger partial charge in [-0.25, -0.2) is 4.39 Å². The van der Waals surface area contributed by atoms with Crippen molar-refractivity contribution < 1.29 is 18.7 Å². The zero-order valence-electron chi connectivity index (χ0n) is 15.4. The van der Waals surface area contributed by atoms with E-state index in [9.17, 15) is 9.18 Å². The van der Waals surface area contributed by atoms with E-state index in [0.717, 1.165) is 31.5 Å². The number of ether oxygens (including phenoxy) is 2. The van der Waals surface area contributed by atoms with Crippen molar-refractivity contribution >= 4 is 11.4 Å². The van der Waals surface area contributed by atoms with Gasteiger partial charge in [0.2, 0.25) is 0 Å². The van der Waals surface area contributed by atoms with Gasteiger partial charge in [-0.1, -0.05) is 26.0 Å². The van der Waals surface area contributed by atoms with Gasteiger partial charge in [-0.15, -0.1) is 0 Å². The molecule has 2 heterocycles. The number of Topliss-reactive ketones (excluding diaryl/α,β-unsaturated/α-hetero) is 1. The van der Waals surface area contributed by atoms with Crippen LogP contribution in [0.3, 0.4) is 0 Å². The van der Waals surface area contributed by atoms with E-state index in [1.807, 2.05) is 0 Å². The molecule has 0 spiro atoms. The van der Waals surface area contributed by atoms with Gasteiger partial charge < -0.3 is 9.47 Å². The molecule has 0 N–H and O–H groups in total. The highest BCUT2D eigenvalue weighted by Crippen LogP contribution is 2.42. The zero-order chi connectivity index (χ0) is 18.3. The summed E-state index contributed by atoms with van der Waals surface area (Å²) in [6.45, 7) is 6.98. The lowest BCUT2D eigenvalue weighted by Gasteiger charge is -2.48. The fourth-order valence-corrected chi connectivity index (χ4v) is 4.58. The number of fused-ring (bicyclic) bond motifs is 3. The summed E-state index contributed by atoms with van der Waals surface area (Å²) in [5.74, 6) is 0.474. The fraction of sp³-hybridized carbons (Fsp3) is 0.571. The molecular formula is C21H26FNO3. The molecule has 1 saturated carbocycles. The molecule has 0 bridgehead atoms. The normalized spacial score (nSPS) is 31.8. The largest absolute Gasteiger partial charge is 0.496 e. The molecule has 140 valence electrons. The Morgan fingerprint density at radius 1 is 1.23 bits per heavy atom. The van der Waals surface area contributed by atoms with Crippen molar-refractivity contribution in [2.45, 2.75) is 38.9 Å². The smallest absolute Gasteiger partial charge is 0.173 e. The molecule has 0 amide bonds. The summed E-state index contributed by atoms with van der Waals surface area (Å²) in [4.78, 5) is 15.4. The van der Waals surface area contributed by atoms with E-state index >= 15 is 0 Å². The Morgan fingerprint density at radius 3 is 2.73 bits per heavy atom. The lowest BCUT2D eigenvalue weighted by atomic mass is 9.71. The third-order valence-electron chi connectivity index (χ3n) is 5.72. The van der Waals surface area contributed by atoms with E-state index in [2.05, 4.69) is 18.7 Å². The summed E-state index contributed by atoms with van der Waals surface area (Å²) in [7, 11) is 0. The van der Waals surface area contributed by atoms with E-state index in [-0.39, 0.29) is 35.6 Å². The maximum absolute atomic E-state index is 13.2. The Bertz CT molecular complexity index is 700. The quantitative estimate of drug-likeness (QED) is 0.828. The fourth-order valence-electron chi connectivity index (χ4n) is 4.58. The Kier molecular flexibility index (Phi) is 4.84. The van der Waals surface area contributed by atoms with Crippen LogP contribution in [0.15, 0.2) is 30.5 Å². The molecule has 1 aromatic rings. The third-order valence-corrected chi connectivity index (χ3v) is 5.72. The number of carbonyl (C=O) groups is 1. The number of carbonyl (C=O) groups excluding carboxylic acids is 1. The Hall–Kier alpha value is -1.72. The molecule has 2 aliphatic heterocycles. The van der Waals surface area contributed by atoms with Gasteiger partial charge in [-0.05, 0) is 36.5 Å². The summed E-state index contributed by atoms with van der Waals surface area (Å²) in [6.07, 6.45) is 3.31. The van der Waals surface area contributed by atoms with Crippen LogP contribution < -0.4 is 0 Å². The van der Waals surface area contributed by atoms with Gasteiger partial charge in [0.05, 0.1) is 30.6 Å². The first-order valence-corrected chi connectivity index (χ1v) is 9.52. The minimum atomic E-state index is -0.304. The second-order valence-corrected chi connectivity index (χ2v) is 8.12. The number of benzene rings is 1. The number of allylic oxidation sites excluding steroid dienone is 1. The molecule has 3 aliphatic rings. The molecule has 4 atom stereocenters. The van der Waals surface area contributed by atoms with Gasteiger partial charge in [0.25, 0.3) is 0 Å². The van der Waals surface area contributed by atoms with Crippen molar-refractivity contribution in [3.8, 4) is 0 Å². The first-order chi connectivity index (χ1) is 12.5. The molecule has 1 aromatic carbocycles. The van der Waals surface area contributed by atoms with Crippen molar-refractivity contribution in [3.05, 3.63) is 41.9 Å². The molecule has 1 saturated heterocycles. The number of ketones is 1. The topological polar surface area (TPSA) is 38.8 Å². The standard InChI is InChI=1S/C21H26FNO3/c1-13(2)9-23-10-17-19(26-12-23)8-7-16-20(24)18(11-25-21(16)17)14-3-5-15(22)6-4-14/h3-6,11,13,16-17,19,21H,7-10,12H2,1-2H3. The summed E-state index contributed by atoms with van der Waals surface area (Å²) >= 11 is 0. The number of hydrogen-bond acceptors (Lipinski definition) is 4. The molecule has 0 aromatic heterocycles. The first kappa shape index (κ1) is 17.7. The van der Waals surface area contributed by atoms with Crippen LogP contribution in [0.5, 0.6) is 0 Å². The minimum Gasteiger partial charge on any atom is -0.496 e. The predicted octanol–water partition coefficient (Wildman–Crippen LogP) is 3.48. The SMILES string of the molecule is CC(C)CN1COC2CCC3C(=O)C(c4ccc(F)cc4)=COC3C2C1. The van der Waals surface area contributed by atoms with Crippen LogP contribution in [0, 0.1) is 23.6 Å². The van der Waals surface area contributed by atoms with Crippen LogP contribution in [0.1, 0.15) is 32.3 Å². The molecule has 5 heteroatoms. The van der Waals surface area contributed by atoms with Gasteiger partial charge in [0.15, 0.2) is 5.78 Å². The second kappa shape index (κ2) is 7.12. The average Bonchev–Trinajstić information content (AvgIpc) is 2.62. The van der Waals surface area contributed by atoms with Crippen molar-refractivity contribution in [3.63, 3.8) is 0 Å². The monoisotopic (exact) mass is 359 g/mol. The lowest BCUT2D eigenvalue weighted by molar-refractivity contribution is -0.171. The van der Waals surface area contributed by atoms with Crippen molar-refractivity contribution in [2.75, 3.05) is 19.8 Å². The first-order valence-electron chi connectivity index (χ1n) is 9.52. The van der Waals surface area contributed by atoms with Gasteiger partial charge in [0, 0.05) is 19.0 Å². The van der Waals surface area contributed by atoms with Crippen LogP contribution in [0.4, 0.5) is 4.39 Å². The highest BCUT2D eigenvalue weighted by atomic mass is 19.1. The molecule has 2 fully saturated rings. The molecule has 4 unspecified atom stereocenters. The van der Waals surface area contributed by atoms with Gasteiger partial charge in [0.1, 0.15) is 11.9 Å². The Labute approximate surface area is 154 Å². The molecular weight excluding hydrogens is 333 g/mol. The van der Waals surface area contributed by atoms with E-state index in [1.165, 1.54) is 12.1 Å². The maximum atomic E-state index is 13.2. The number of nitrogens with zero attached hydrogens (tertiary/aromatic N) is 1. The van der Waals surface area contributed by atoms with Crippen LogP contribution in [0.25, 0.3) is 5.57 Å². The summed E-state index contributed by atoms with van der Waals surface area (Å²) in [5, 5.41) is 0. The van der Waals surface area contributed by atoms with Crippen LogP contribution in [-0.4, -0.2) is 42.7 Å². The van der Waals surface area contributed by atoms with Crippen LogP contribution >= 0.6 is 0 Å². The number of rotatable bonds is 3. The second-order valence-electron chi connectivity index (χ2n) is 8.12. The molecule has 0 radical (unpaired) electrons. The van der Waals surface area contributed by atoms with Crippen LogP contribution in [0.2, 0.25) is 0 Å². The summed E-state index contributed by atoms with van der Waals surface area (Å²) in [5.41, 5.74) is 1.28. The van der Waals surface area contributed by atoms with E-state index in [1.54, 1.807) is 18.4 Å². The number of hydrogen-bond donors (Lipinski definition) is 0. The van der Waals surface area contributed by atoms with E-state index in [4.69, 9.17) is 9.47 Å². The third kappa shape index (κ3) is 3.30. The Morgan fingerprint density at radius 2 is 2.00 bits per heavy atom. The van der Waals surface area contributed by atoms with Crippen molar-refractivity contribution in [1.29, 1.82) is 0 Å².